The van der Waals surface area contributed by atoms with E-state index < -0.39 is 0 Å². The molecule has 0 fully saturated rings. The Balaban J connectivity index is 2.80. The number of aldehydes is 1. The second kappa shape index (κ2) is 4.27. The molecule has 10 heavy (non-hydrogen) atoms. The summed E-state index contributed by atoms with van der Waals surface area (Å²) in [6, 6.07) is 0. The Kier molecular flexibility index (Phi) is 3.97. The highest BCUT2D eigenvalue weighted by molar-refractivity contribution is 14.1. The molecule has 0 amide bonds. The van der Waals surface area contributed by atoms with E-state index in [-0.39, 0.29) is 0 Å². The van der Waals surface area contributed by atoms with Crippen molar-refractivity contribution in [3.05, 3.63) is 9.81 Å². The van der Waals surface area contributed by atoms with Gasteiger partial charge in [0, 0.05) is 4.91 Å². The third-order valence-corrected chi connectivity index (χ3v) is 7.42. The van der Waals surface area contributed by atoms with Crippen molar-refractivity contribution in [3.8, 4) is 0 Å². The number of hydrogen-bond donors (Lipinski definition) is 0. The molecule has 1 heterocycles. The van der Waals surface area contributed by atoms with Crippen molar-refractivity contribution in [2.45, 2.75) is 3.26 Å². The normalized spacial score (nSPS) is 25.6. The quantitative estimate of drug-likeness (QED) is 0.337. The van der Waals surface area contributed by atoms with E-state index >= 15 is 0 Å². The molecular formula is C5H5IOS3. The summed E-state index contributed by atoms with van der Waals surface area (Å²) in [7, 11) is 3.32. The zero-order valence-electron chi connectivity index (χ0n) is 5.17. The Morgan fingerprint density at radius 1 is 1.80 bits per heavy atom. The Labute approximate surface area is 85.7 Å². The molecule has 0 aromatic rings. The van der Waals surface area contributed by atoms with E-state index in [0.29, 0.717) is 3.26 Å². The number of thioether (sulfide) groups is 1. The molecule has 1 atom stereocenters. The first-order valence-corrected chi connectivity index (χ1v) is 7.18. The second-order valence-corrected chi connectivity index (χ2v) is 6.83. The molecule has 0 saturated heterocycles. The Bertz CT molecular complexity index is 180. The number of hydrogen-bond acceptors (Lipinski definition) is 4. The lowest BCUT2D eigenvalue weighted by Crippen LogP contribution is -1.87. The summed E-state index contributed by atoms with van der Waals surface area (Å²) in [6.07, 6.45) is 2.96. The van der Waals surface area contributed by atoms with E-state index in [9.17, 15) is 4.79 Å². The SMILES string of the molecule is CSC1=C(C=O)SSC1I. The van der Waals surface area contributed by atoms with Crippen LogP contribution >= 0.6 is 55.9 Å². The van der Waals surface area contributed by atoms with E-state index in [1.807, 2.05) is 6.26 Å². The van der Waals surface area contributed by atoms with Crippen LogP contribution in [0.2, 0.25) is 0 Å². The van der Waals surface area contributed by atoms with Gasteiger partial charge in [0.1, 0.15) is 0 Å². The number of halogens is 1. The lowest BCUT2D eigenvalue weighted by atomic mass is 10.5. The minimum absolute atomic E-state index is 0.470. The molecule has 0 saturated carbocycles. The van der Waals surface area contributed by atoms with Crippen LogP contribution in [0.1, 0.15) is 0 Å². The van der Waals surface area contributed by atoms with Gasteiger partial charge in [-0.25, -0.2) is 0 Å². The number of carbonyl (C=O) groups is 1. The van der Waals surface area contributed by atoms with E-state index in [2.05, 4.69) is 22.6 Å². The van der Waals surface area contributed by atoms with Gasteiger partial charge in [0.05, 0.1) is 8.16 Å². The monoisotopic (exact) mass is 304 g/mol. The molecule has 0 radical (unpaired) electrons. The van der Waals surface area contributed by atoms with Gasteiger partial charge in [-0.3, -0.25) is 4.79 Å². The number of alkyl halides is 1. The highest BCUT2D eigenvalue weighted by Gasteiger charge is 2.23. The number of carbonyl (C=O) groups excluding carboxylic acids is 1. The predicted molar refractivity (Wildman–Crippen MR) is 59.6 cm³/mol. The van der Waals surface area contributed by atoms with Crippen LogP contribution in [-0.4, -0.2) is 15.8 Å². The van der Waals surface area contributed by atoms with Gasteiger partial charge >= 0.3 is 0 Å². The van der Waals surface area contributed by atoms with E-state index in [0.717, 1.165) is 11.2 Å². The van der Waals surface area contributed by atoms with Crippen molar-refractivity contribution in [2.24, 2.45) is 0 Å². The van der Waals surface area contributed by atoms with Crippen molar-refractivity contribution in [3.63, 3.8) is 0 Å². The standard InChI is InChI=1S/C5H5IOS3/c1-8-4-3(2-7)9-10-5(4)6/h2,5H,1H3. The molecule has 5 heteroatoms. The van der Waals surface area contributed by atoms with E-state index in [4.69, 9.17) is 0 Å². The van der Waals surface area contributed by atoms with Crippen LogP contribution in [0.15, 0.2) is 9.81 Å². The molecule has 1 rings (SSSR count). The summed E-state index contributed by atoms with van der Waals surface area (Å²) in [6.45, 7) is 0. The molecule has 1 aliphatic rings. The fourth-order valence-corrected chi connectivity index (χ4v) is 6.35. The van der Waals surface area contributed by atoms with Gasteiger partial charge < -0.3 is 0 Å². The van der Waals surface area contributed by atoms with Crippen molar-refractivity contribution < 1.29 is 4.79 Å². The molecule has 1 aliphatic heterocycles. The maximum Gasteiger partial charge on any atom is 0.158 e. The first-order chi connectivity index (χ1) is 4.79. The highest BCUT2D eigenvalue weighted by atomic mass is 127. The summed E-state index contributed by atoms with van der Waals surface area (Å²) in [4.78, 5) is 12.5. The largest absolute Gasteiger partial charge is 0.297 e. The molecule has 1 nitrogen and oxygen atoms in total. The highest BCUT2D eigenvalue weighted by Crippen LogP contribution is 2.51. The van der Waals surface area contributed by atoms with Crippen LogP contribution in [-0.2, 0) is 4.79 Å². The van der Waals surface area contributed by atoms with Crippen molar-refractivity contribution >= 4 is 62.2 Å². The third-order valence-electron chi connectivity index (χ3n) is 0.998. The summed E-state index contributed by atoms with van der Waals surface area (Å²) in [5.74, 6) is 0. The summed E-state index contributed by atoms with van der Waals surface area (Å²) >= 11 is 4.01. The van der Waals surface area contributed by atoms with Crippen LogP contribution in [0, 0.1) is 0 Å². The van der Waals surface area contributed by atoms with Gasteiger partial charge in [0.2, 0.25) is 0 Å². The van der Waals surface area contributed by atoms with Gasteiger partial charge in [0.25, 0.3) is 0 Å². The van der Waals surface area contributed by atoms with Gasteiger partial charge in [-0.1, -0.05) is 44.2 Å². The predicted octanol–water partition coefficient (Wildman–Crippen LogP) is 2.92. The number of allylic oxidation sites excluding steroid dienone is 1. The minimum atomic E-state index is 0.470. The molecular weight excluding hydrogens is 299 g/mol. The Morgan fingerprint density at radius 3 is 2.90 bits per heavy atom. The smallest absolute Gasteiger partial charge is 0.158 e. The third kappa shape index (κ3) is 1.86. The Hall–Kier alpha value is 1.19. The van der Waals surface area contributed by atoms with Crippen LogP contribution in [0.5, 0.6) is 0 Å². The maximum atomic E-state index is 10.4. The van der Waals surface area contributed by atoms with Gasteiger partial charge in [-0.2, -0.15) is 0 Å². The first kappa shape index (κ1) is 9.28. The zero-order chi connectivity index (χ0) is 7.56. The Morgan fingerprint density at radius 2 is 2.50 bits per heavy atom. The zero-order valence-corrected chi connectivity index (χ0v) is 9.77. The van der Waals surface area contributed by atoms with Gasteiger partial charge in [0.15, 0.2) is 6.29 Å². The molecule has 1 unspecified atom stereocenters. The maximum absolute atomic E-state index is 10.4. The molecule has 0 bridgehead atoms. The molecule has 0 aromatic carbocycles. The van der Waals surface area contributed by atoms with Crippen LogP contribution in [0.4, 0.5) is 0 Å². The van der Waals surface area contributed by atoms with Crippen LogP contribution in [0.3, 0.4) is 0 Å². The first-order valence-electron chi connectivity index (χ1n) is 2.50. The van der Waals surface area contributed by atoms with Crippen LogP contribution in [0.25, 0.3) is 0 Å². The van der Waals surface area contributed by atoms with E-state index in [1.54, 1.807) is 33.3 Å². The molecule has 56 valence electrons. The number of rotatable bonds is 2. The lowest BCUT2D eigenvalue weighted by Gasteiger charge is -1.99. The average molecular weight is 304 g/mol. The molecule has 0 aromatic heterocycles. The van der Waals surface area contributed by atoms with E-state index in [1.165, 1.54) is 4.91 Å². The molecule has 0 aliphatic carbocycles. The van der Waals surface area contributed by atoms with Crippen molar-refractivity contribution in [1.82, 2.24) is 0 Å². The second-order valence-electron chi connectivity index (χ2n) is 1.55. The average Bonchev–Trinajstić information content (AvgIpc) is 2.30. The summed E-state index contributed by atoms with van der Waals surface area (Å²) in [5, 5.41) is 0. The van der Waals surface area contributed by atoms with Gasteiger partial charge in [-0.15, -0.1) is 11.8 Å². The summed E-state index contributed by atoms with van der Waals surface area (Å²) in [5.41, 5.74) is 0. The fourth-order valence-electron chi connectivity index (χ4n) is 0.562. The van der Waals surface area contributed by atoms with Crippen LogP contribution < -0.4 is 0 Å². The lowest BCUT2D eigenvalue weighted by molar-refractivity contribution is -0.104. The van der Waals surface area contributed by atoms with Gasteiger partial charge in [-0.05, 0) is 6.26 Å². The van der Waals surface area contributed by atoms with Crippen molar-refractivity contribution in [2.75, 3.05) is 6.26 Å². The molecule has 0 N–H and O–H groups in total. The minimum Gasteiger partial charge on any atom is -0.297 e. The topological polar surface area (TPSA) is 17.1 Å². The summed E-state index contributed by atoms with van der Waals surface area (Å²) < 4.78 is 0.470. The van der Waals surface area contributed by atoms with Crippen molar-refractivity contribution in [1.29, 1.82) is 0 Å². The molecule has 0 spiro atoms. The fraction of sp³-hybridized carbons (Fsp3) is 0.400.